The third kappa shape index (κ3) is 3.96. The number of furan rings is 1. The molecule has 0 aliphatic heterocycles. The van der Waals surface area contributed by atoms with Gasteiger partial charge in [-0.3, -0.25) is 10.1 Å². The average Bonchev–Trinajstić information content (AvgIpc) is 2.97. The van der Waals surface area contributed by atoms with E-state index in [0.717, 1.165) is 11.3 Å². The normalized spacial score (nSPS) is 12.1. The first-order valence-electron chi connectivity index (χ1n) is 6.67. The van der Waals surface area contributed by atoms with Crippen LogP contribution in [0.5, 0.6) is 0 Å². The smallest absolute Gasteiger partial charge is 0.239 e. The second kappa shape index (κ2) is 6.91. The monoisotopic (exact) mass is 272 g/mol. The molecule has 106 valence electrons. The van der Waals surface area contributed by atoms with Gasteiger partial charge in [-0.25, -0.2) is 0 Å². The van der Waals surface area contributed by atoms with Gasteiger partial charge in [-0.15, -0.1) is 0 Å². The van der Waals surface area contributed by atoms with Crippen LogP contribution in [0.4, 0.5) is 0 Å². The first-order chi connectivity index (χ1) is 9.66. The minimum atomic E-state index is -0.252. The van der Waals surface area contributed by atoms with Crippen LogP contribution in [0.25, 0.3) is 0 Å². The molecule has 0 aliphatic rings. The van der Waals surface area contributed by atoms with Gasteiger partial charge < -0.3 is 9.32 Å². The first kappa shape index (κ1) is 14.3. The molecular formula is C16H20N2O2. The fourth-order valence-electron chi connectivity index (χ4n) is 2.05. The zero-order chi connectivity index (χ0) is 14.4. The summed E-state index contributed by atoms with van der Waals surface area (Å²) >= 11 is 0. The fourth-order valence-corrected chi connectivity index (χ4v) is 2.05. The Morgan fingerprint density at radius 3 is 2.55 bits per heavy atom. The van der Waals surface area contributed by atoms with Crippen LogP contribution in [0.1, 0.15) is 11.3 Å². The number of hydrogen-bond acceptors (Lipinski definition) is 3. The second-order valence-corrected chi connectivity index (χ2v) is 4.94. The van der Waals surface area contributed by atoms with Crippen molar-refractivity contribution in [2.24, 2.45) is 0 Å². The maximum atomic E-state index is 12.2. The fraction of sp³-hybridized carbons (Fsp3) is 0.312. The van der Waals surface area contributed by atoms with Crippen LogP contribution < -0.4 is 5.32 Å². The number of hydrogen-bond donors (Lipinski definition) is 1. The molecule has 1 heterocycles. The van der Waals surface area contributed by atoms with Crippen LogP contribution in [0, 0.1) is 0 Å². The van der Waals surface area contributed by atoms with Crippen LogP contribution in [0.3, 0.4) is 0 Å². The van der Waals surface area contributed by atoms with E-state index in [4.69, 9.17) is 4.42 Å². The number of carbonyl (C=O) groups excluding carboxylic acids is 1. The van der Waals surface area contributed by atoms with Gasteiger partial charge in [-0.1, -0.05) is 30.3 Å². The van der Waals surface area contributed by atoms with Gasteiger partial charge in [0.15, 0.2) is 0 Å². The minimum Gasteiger partial charge on any atom is -0.468 e. The van der Waals surface area contributed by atoms with Crippen molar-refractivity contribution in [3.8, 4) is 0 Å². The van der Waals surface area contributed by atoms with Crippen molar-refractivity contribution in [1.29, 1.82) is 0 Å². The Balaban J connectivity index is 2.02. The molecule has 2 rings (SSSR count). The minimum absolute atomic E-state index is 0.0698. The van der Waals surface area contributed by atoms with E-state index >= 15 is 0 Å². The second-order valence-electron chi connectivity index (χ2n) is 4.94. The Kier molecular flexibility index (Phi) is 4.96. The lowest BCUT2D eigenvalue weighted by Gasteiger charge is -2.21. The Morgan fingerprint density at radius 1 is 1.20 bits per heavy atom. The molecule has 1 aromatic heterocycles. The molecule has 4 nitrogen and oxygen atoms in total. The molecule has 0 radical (unpaired) electrons. The van der Waals surface area contributed by atoms with Crippen LogP contribution in [0.15, 0.2) is 53.1 Å². The van der Waals surface area contributed by atoms with Crippen molar-refractivity contribution in [2.45, 2.75) is 19.0 Å². The number of carbonyl (C=O) groups is 1. The Bertz CT molecular complexity index is 521. The van der Waals surface area contributed by atoms with Crippen molar-refractivity contribution in [3.63, 3.8) is 0 Å². The Hall–Kier alpha value is -2.07. The topological polar surface area (TPSA) is 45.5 Å². The molecular weight excluding hydrogens is 252 g/mol. The number of nitrogens with one attached hydrogen (secondary N) is 1. The van der Waals surface area contributed by atoms with E-state index in [1.54, 1.807) is 25.3 Å². The number of amides is 1. The number of benzene rings is 1. The highest BCUT2D eigenvalue weighted by molar-refractivity contribution is 5.81. The summed E-state index contributed by atoms with van der Waals surface area (Å²) in [7, 11) is 3.55. The molecule has 0 saturated heterocycles. The summed E-state index contributed by atoms with van der Waals surface area (Å²) in [6.07, 6.45) is 2.30. The summed E-state index contributed by atoms with van der Waals surface area (Å²) in [6, 6.07) is 13.5. The molecule has 0 saturated carbocycles. The third-order valence-electron chi connectivity index (χ3n) is 3.12. The summed E-state index contributed by atoms with van der Waals surface area (Å²) in [4.78, 5) is 13.9. The number of rotatable bonds is 6. The molecule has 2 aromatic rings. The zero-order valence-electron chi connectivity index (χ0n) is 11.9. The average molecular weight is 272 g/mol. The Labute approximate surface area is 119 Å². The molecule has 0 aliphatic carbocycles. The third-order valence-corrected chi connectivity index (χ3v) is 3.12. The lowest BCUT2D eigenvalue weighted by molar-refractivity contribution is -0.130. The number of nitrogens with zero attached hydrogens (tertiary/aromatic N) is 1. The lowest BCUT2D eigenvalue weighted by Crippen LogP contribution is -2.44. The van der Waals surface area contributed by atoms with Crippen molar-refractivity contribution in [1.82, 2.24) is 10.2 Å². The van der Waals surface area contributed by atoms with Crippen molar-refractivity contribution >= 4 is 5.91 Å². The molecule has 1 amide bonds. The molecule has 20 heavy (non-hydrogen) atoms. The van der Waals surface area contributed by atoms with Gasteiger partial charge in [0.25, 0.3) is 0 Å². The standard InChI is InChI=1S/C16H20N2O2/c1-18(2)16(19)15(11-13-7-4-3-5-8-13)17-12-14-9-6-10-20-14/h3-10,15,17H,11-12H2,1-2H3. The summed E-state index contributed by atoms with van der Waals surface area (Å²) in [6.45, 7) is 0.546. The highest BCUT2D eigenvalue weighted by Crippen LogP contribution is 2.07. The molecule has 0 bridgehead atoms. The number of likely N-dealkylation sites (N-methyl/N-ethyl adjacent to an activating group) is 1. The maximum Gasteiger partial charge on any atom is 0.239 e. The highest BCUT2D eigenvalue weighted by atomic mass is 16.3. The quantitative estimate of drug-likeness (QED) is 0.875. The van der Waals surface area contributed by atoms with Crippen molar-refractivity contribution in [3.05, 3.63) is 60.1 Å². The highest BCUT2D eigenvalue weighted by Gasteiger charge is 2.20. The summed E-state index contributed by atoms with van der Waals surface area (Å²) < 4.78 is 5.29. The van der Waals surface area contributed by atoms with Crippen molar-refractivity contribution < 1.29 is 9.21 Å². The van der Waals surface area contributed by atoms with E-state index < -0.39 is 0 Å². The van der Waals surface area contributed by atoms with Gasteiger partial charge in [0.05, 0.1) is 18.8 Å². The first-order valence-corrected chi connectivity index (χ1v) is 6.67. The Morgan fingerprint density at radius 2 is 1.95 bits per heavy atom. The lowest BCUT2D eigenvalue weighted by atomic mass is 10.0. The van der Waals surface area contributed by atoms with Crippen LogP contribution in [0.2, 0.25) is 0 Å². The van der Waals surface area contributed by atoms with Crippen molar-refractivity contribution in [2.75, 3.05) is 14.1 Å². The van der Waals surface area contributed by atoms with Gasteiger partial charge in [0.2, 0.25) is 5.91 Å². The van der Waals surface area contributed by atoms with E-state index in [0.29, 0.717) is 13.0 Å². The van der Waals surface area contributed by atoms with Crippen LogP contribution in [-0.2, 0) is 17.8 Å². The largest absolute Gasteiger partial charge is 0.468 e. The summed E-state index contributed by atoms with van der Waals surface area (Å²) in [5.41, 5.74) is 1.14. The van der Waals surface area contributed by atoms with Gasteiger partial charge in [0, 0.05) is 14.1 Å². The molecule has 1 aromatic carbocycles. The van der Waals surface area contributed by atoms with E-state index in [9.17, 15) is 4.79 Å². The maximum absolute atomic E-state index is 12.2. The SMILES string of the molecule is CN(C)C(=O)C(Cc1ccccc1)NCc1ccco1. The molecule has 1 unspecified atom stereocenters. The van der Waals surface area contributed by atoms with Gasteiger partial charge in [-0.05, 0) is 24.1 Å². The van der Waals surface area contributed by atoms with Gasteiger partial charge in [0.1, 0.15) is 5.76 Å². The molecule has 0 fully saturated rings. The van der Waals surface area contributed by atoms with Crippen LogP contribution in [-0.4, -0.2) is 30.9 Å². The predicted molar refractivity (Wildman–Crippen MR) is 78.2 cm³/mol. The van der Waals surface area contributed by atoms with Gasteiger partial charge in [-0.2, -0.15) is 0 Å². The summed E-state index contributed by atoms with van der Waals surface area (Å²) in [5, 5.41) is 3.27. The van der Waals surface area contributed by atoms with E-state index in [1.165, 1.54) is 0 Å². The van der Waals surface area contributed by atoms with E-state index in [-0.39, 0.29) is 11.9 Å². The molecule has 1 atom stereocenters. The van der Waals surface area contributed by atoms with Gasteiger partial charge >= 0.3 is 0 Å². The van der Waals surface area contributed by atoms with E-state index in [2.05, 4.69) is 5.32 Å². The van der Waals surface area contributed by atoms with Crippen LogP contribution >= 0.6 is 0 Å². The molecule has 1 N–H and O–H groups in total. The zero-order valence-corrected chi connectivity index (χ0v) is 11.9. The molecule has 4 heteroatoms. The predicted octanol–water partition coefficient (Wildman–Crippen LogP) is 2.07. The van der Waals surface area contributed by atoms with E-state index in [1.807, 2.05) is 42.5 Å². The summed E-state index contributed by atoms with van der Waals surface area (Å²) in [5.74, 6) is 0.898. The molecule has 0 spiro atoms.